The Morgan fingerprint density at radius 1 is 0.922 bits per heavy atom. The standard InChI is InChI=1S/C28H28F3N5.C6H12.C2H5NO.C2H4O.C2H4/c1-4-19(3)33-26-25(17-32-27(36-26)35-23-9-5-7-18(2)15-23)20-11-13-22(14-12-20)34-24-10-6-8-21(16-24)28(29,30)31;1-4-5-6(2)3;1-3-2-4;1-2-3;1-2/h5-17,19,34H,4H2,1-3H3,(H2,32,33,35,36);2,4-5H2,1,3H3;2H,1H3,(H,3,4);2H,1H3;1-2H2/t19-;;;;/m1..../s1. The molecular weight excluding hydrogens is 653 g/mol. The monoisotopic (exact) mass is 706 g/mol. The van der Waals surface area contributed by atoms with Gasteiger partial charge in [-0.15, -0.1) is 19.7 Å². The molecule has 276 valence electrons. The number of hydrogen-bond donors (Lipinski definition) is 4. The van der Waals surface area contributed by atoms with E-state index in [4.69, 9.17) is 14.6 Å². The number of hydrogen-bond acceptors (Lipinski definition) is 7. The first kappa shape index (κ1) is 45.6. The van der Waals surface area contributed by atoms with Gasteiger partial charge in [0, 0.05) is 41.9 Å². The van der Waals surface area contributed by atoms with Crippen molar-refractivity contribution in [2.24, 2.45) is 0 Å². The molecule has 0 aliphatic rings. The summed E-state index contributed by atoms with van der Waals surface area (Å²) in [5.41, 5.74) is 5.39. The van der Waals surface area contributed by atoms with Crippen molar-refractivity contribution in [3.63, 3.8) is 0 Å². The van der Waals surface area contributed by atoms with Crippen molar-refractivity contribution in [3.05, 3.63) is 115 Å². The molecular formula is C40H53F3N6O2. The van der Waals surface area contributed by atoms with Crippen molar-refractivity contribution in [3.8, 4) is 11.1 Å². The number of nitrogens with one attached hydrogen (secondary N) is 4. The Morgan fingerprint density at radius 2 is 1.49 bits per heavy atom. The lowest BCUT2D eigenvalue weighted by Crippen LogP contribution is -2.16. The predicted molar refractivity (Wildman–Crippen MR) is 208 cm³/mol. The summed E-state index contributed by atoms with van der Waals surface area (Å²) >= 11 is 0. The average molecular weight is 707 g/mol. The first-order chi connectivity index (χ1) is 24.3. The van der Waals surface area contributed by atoms with Crippen LogP contribution in [0.2, 0.25) is 0 Å². The van der Waals surface area contributed by atoms with E-state index >= 15 is 0 Å². The molecule has 4 N–H and O–H groups in total. The van der Waals surface area contributed by atoms with Crippen LogP contribution in [0.1, 0.15) is 65.0 Å². The molecule has 0 aliphatic carbocycles. The molecule has 0 radical (unpaired) electrons. The molecule has 51 heavy (non-hydrogen) atoms. The van der Waals surface area contributed by atoms with E-state index in [0.717, 1.165) is 47.2 Å². The van der Waals surface area contributed by atoms with Crippen LogP contribution >= 0.6 is 0 Å². The molecule has 1 heterocycles. The normalized spacial score (nSPS) is 10.3. The molecule has 11 heteroatoms. The molecule has 0 fully saturated rings. The number of benzene rings is 3. The van der Waals surface area contributed by atoms with Crippen LogP contribution in [-0.2, 0) is 15.8 Å². The topological polar surface area (TPSA) is 108 Å². The van der Waals surface area contributed by atoms with Crippen molar-refractivity contribution in [2.75, 3.05) is 23.0 Å². The van der Waals surface area contributed by atoms with Gasteiger partial charge in [-0.2, -0.15) is 18.2 Å². The minimum atomic E-state index is -4.39. The summed E-state index contributed by atoms with van der Waals surface area (Å²) in [4.78, 5) is 27.1. The number of aryl methyl sites for hydroxylation is 1. The van der Waals surface area contributed by atoms with Gasteiger partial charge in [0.2, 0.25) is 12.4 Å². The highest BCUT2D eigenvalue weighted by Gasteiger charge is 2.30. The summed E-state index contributed by atoms with van der Waals surface area (Å²) in [7, 11) is 1.56. The highest BCUT2D eigenvalue weighted by Crippen LogP contribution is 2.33. The molecule has 4 rings (SSSR count). The van der Waals surface area contributed by atoms with Gasteiger partial charge in [-0.3, -0.25) is 4.79 Å². The van der Waals surface area contributed by atoms with Gasteiger partial charge in [-0.05, 0) is 94.1 Å². The zero-order valence-electron chi connectivity index (χ0n) is 30.8. The number of alkyl halides is 3. The smallest absolute Gasteiger partial charge is 0.367 e. The molecule has 0 saturated heterocycles. The Bertz CT molecular complexity index is 1590. The van der Waals surface area contributed by atoms with E-state index in [1.807, 2.05) is 55.5 Å². The molecule has 0 saturated carbocycles. The number of aldehydes is 1. The molecule has 8 nitrogen and oxygen atoms in total. The van der Waals surface area contributed by atoms with Gasteiger partial charge in [-0.1, -0.05) is 56.2 Å². The summed E-state index contributed by atoms with van der Waals surface area (Å²) in [6, 6.07) is 20.7. The molecule has 1 aromatic heterocycles. The summed E-state index contributed by atoms with van der Waals surface area (Å²) in [6.07, 6.45) is 2.09. The molecule has 4 aromatic rings. The molecule has 0 unspecified atom stereocenters. The number of allylic oxidation sites excluding steroid dienone is 1. The van der Waals surface area contributed by atoms with Crippen LogP contribution in [0.15, 0.2) is 104 Å². The second kappa shape index (κ2) is 25.5. The molecule has 3 aromatic carbocycles. The largest absolute Gasteiger partial charge is 0.416 e. The van der Waals surface area contributed by atoms with Gasteiger partial charge in [0.25, 0.3) is 0 Å². The fourth-order valence-electron chi connectivity index (χ4n) is 4.05. The molecule has 0 bridgehead atoms. The lowest BCUT2D eigenvalue weighted by Gasteiger charge is -2.17. The Kier molecular flexibility index (Phi) is 22.8. The van der Waals surface area contributed by atoms with Crippen LogP contribution in [0.25, 0.3) is 11.1 Å². The van der Waals surface area contributed by atoms with E-state index in [0.29, 0.717) is 29.6 Å². The number of aromatic nitrogens is 2. The van der Waals surface area contributed by atoms with E-state index in [1.54, 1.807) is 19.3 Å². The summed E-state index contributed by atoms with van der Waals surface area (Å²) in [6.45, 7) is 21.6. The quantitative estimate of drug-likeness (QED) is 0.0908. The highest BCUT2D eigenvalue weighted by molar-refractivity contribution is 5.77. The van der Waals surface area contributed by atoms with Crippen molar-refractivity contribution in [2.45, 2.75) is 73.0 Å². The van der Waals surface area contributed by atoms with Crippen LogP contribution in [0, 0.1) is 6.92 Å². The van der Waals surface area contributed by atoms with E-state index in [-0.39, 0.29) is 6.04 Å². The van der Waals surface area contributed by atoms with E-state index < -0.39 is 11.7 Å². The predicted octanol–water partition coefficient (Wildman–Crippen LogP) is 10.9. The zero-order chi connectivity index (χ0) is 38.8. The maximum atomic E-state index is 13.0. The van der Waals surface area contributed by atoms with E-state index in [1.165, 1.54) is 31.4 Å². The Morgan fingerprint density at radius 3 is 1.96 bits per heavy atom. The van der Waals surface area contributed by atoms with Gasteiger partial charge in [0.05, 0.1) is 5.56 Å². The van der Waals surface area contributed by atoms with Gasteiger partial charge in [0.15, 0.2) is 0 Å². The lowest BCUT2D eigenvalue weighted by atomic mass is 10.1. The van der Waals surface area contributed by atoms with Crippen molar-refractivity contribution < 1.29 is 22.8 Å². The van der Waals surface area contributed by atoms with E-state index in [2.05, 4.69) is 73.7 Å². The number of halogens is 3. The van der Waals surface area contributed by atoms with Gasteiger partial charge in [-0.25, -0.2) is 4.98 Å². The molecule has 1 amide bonds. The van der Waals surface area contributed by atoms with Gasteiger partial charge in [0.1, 0.15) is 12.1 Å². The van der Waals surface area contributed by atoms with Crippen LogP contribution < -0.4 is 21.3 Å². The van der Waals surface area contributed by atoms with Crippen molar-refractivity contribution in [1.29, 1.82) is 0 Å². The van der Waals surface area contributed by atoms with Crippen LogP contribution in [0.4, 0.5) is 42.0 Å². The van der Waals surface area contributed by atoms with Crippen molar-refractivity contribution in [1.82, 2.24) is 15.3 Å². The van der Waals surface area contributed by atoms with E-state index in [9.17, 15) is 13.2 Å². The minimum absolute atomic E-state index is 0.201. The number of nitrogens with zero attached hydrogens (tertiary/aromatic N) is 2. The zero-order valence-corrected chi connectivity index (χ0v) is 30.8. The summed E-state index contributed by atoms with van der Waals surface area (Å²) in [5, 5.41) is 12.0. The fraction of sp³-hybridized carbons (Fsp3) is 0.300. The number of carbonyl (C=O) groups is 2. The Balaban J connectivity index is 0.00000142. The average Bonchev–Trinajstić information content (AvgIpc) is 3.10. The summed E-state index contributed by atoms with van der Waals surface area (Å²) < 4.78 is 39.1. The molecule has 0 aliphatic heterocycles. The van der Waals surface area contributed by atoms with Crippen LogP contribution in [0.3, 0.4) is 0 Å². The van der Waals surface area contributed by atoms with Gasteiger partial charge < -0.3 is 26.1 Å². The van der Waals surface area contributed by atoms with Crippen molar-refractivity contribution >= 4 is 41.5 Å². The number of amides is 1. The number of rotatable bonds is 11. The SMILES string of the molecule is C=C.C=C(C)CCC.CC=O.CC[C@@H](C)Nc1nc(Nc2cccc(C)c2)ncc1-c1ccc(Nc2cccc(C(F)(F)F)c2)cc1.CNC=O. The first-order valence-electron chi connectivity index (χ1n) is 16.5. The summed E-state index contributed by atoms with van der Waals surface area (Å²) in [5.74, 6) is 1.19. The Hall–Kier alpha value is -5.45. The highest BCUT2D eigenvalue weighted by atomic mass is 19.4. The third-order valence-corrected chi connectivity index (χ3v) is 6.53. The third-order valence-electron chi connectivity index (χ3n) is 6.53. The third kappa shape index (κ3) is 18.8. The number of anilines is 5. The number of carbonyl (C=O) groups excluding carboxylic acids is 2. The second-order valence-corrected chi connectivity index (χ2v) is 11.0. The molecule has 0 spiro atoms. The Labute approximate surface area is 301 Å². The maximum absolute atomic E-state index is 13.0. The minimum Gasteiger partial charge on any atom is -0.367 e. The second-order valence-electron chi connectivity index (χ2n) is 11.0. The molecule has 1 atom stereocenters. The lowest BCUT2D eigenvalue weighted by molar-refractivity contribution is -0.137. The van der Waals surface area contributed by atoms with Crippen LogP contribution in [-0.4, -0.2) is 35.8 Å². The van der Waals surface area contributed by atoms with Crippen LogP contribution in [0.5, 0.6) is 0 Å². The first-order valence-corrected chi connectivity index (χ1v) is 16.5. The van der Waals surface area contributed by atoms with Gasteiger partial charge >= 0.3 is 6.18 Å². The maximum Gasteiger partial charge on any atom is 0.416 e. The fourth-order valence-corrected chi connectivity index (χ4v) is 4.05.